The number of nitrogens with zero attached hydrogens (tertiary/aromatic N) is 4. The van der Waals surface area contributed by atoms with E-state index in [0.717, 1.165) is 13.1 Å². The predicted octanol–water partition coefficient (Wildman–Crippen LogP) is 1.56. The summed E-state index contributed by atoms with van der Waals surface area (Å²) in [5, 5.41) is 9.99. The topological polar surface area (TPSA) is 103 Å². The number of amides is 3. The van der Waals surface area contributed by atoms with Gasteiger partial charge in [-0.05, 0) is 31.4 Å². The van der Waals surface area contributed by atoms with Crippen LogP contribution in [-0.4, -0.2) is 120 Å². The molecule has 0 aromatic heterocycles. The van der Waals surface area contributed by atoms with E-state index in [9.17, 15) is 19.5 Å². The lowest BCUT2D eigenvalue weighted by molar-refractivity contribution is -0.152. The molecule has 6 atom stereocenters. The van der Waals surface area contributed by atoms with Crippen molar-refractivity contribution in [3.8, 4) is 0 Å². The van der Waals surface area contributed by atoms with Crippen LogP contribution in [0.5, 0.6) is 0 Å². The number of likely N-dealkylation sites (tertiary alicyclic amines) is 1. The van der Waals surface area contributed by atoms with Gasteiger partial charge in [0.2, 0.25) is 17.7 Å². The number of fused-ring (bicyclic) bond motifs is 1. The van der Waals surface area contributed by atoms with Gasteiger partial charge in [-0.2, -0.15) is 0 Å². The Bertz CT molecular complexity index is 1190. The highest BCUT2D eigenvalue weighted by molar-refractivity contribution is 6.03. The number of hydrogen-bond donors (Lipinski definition) is 1. The molecule has 1 aromatic carbocycles. The Hall–Kier alpha value is -3.05. The van der Waals surface area contributed by atoms with E-state index in [-0.39, 0.29) is 43.3 Å². The van der Waals surface area contributed by atoms with E-state index < -0.39 is 29.1 Å². The van der Waals surface area contributed by atoms with Crippen LogP contribution in [0.1, 0.15) is 20.3 Å². The van der Waals surface area contributed by atoms with E-state index >= 15 is 0 Å². The van der Waals surface area contributed by atoms with Crippen LogP contribution in [0, 0.1) is 17.8 Å². The molecule has 1 spiro atoms. The largest absolute Gasteiger partial charge is 0.395 e. The second-order valence-corrected chi connectivity index (χ2v) is 12.1. The first-order valence-corrected chi connectivity index (χ1v) is 15.0. The summed E-state index contributed by atoms with van der Waals surface area (Å²) in [5.74, 6) is -2.48. The predicted molar refractivity (Wildman–Crippen MR) is 159 cm³/mol. The molecule has 4 aliphatic heterocycles. The minimum atomic E-state index is -1.17. The Morgan fingerprint density at radius 1 is 1.10 bits per heavy atom. The minimum Gasteiger partial charge on any atom is -0.395 e. The van der Waals surface area contributed by atoms with Crippen molar-refractivity contribution in [3.05, 3.63) is 55.6 Å². The van der Waals surface area contributed by atoms with Gasteiger partial charge in [0.15, 0.2) is 0 Å². The van der Waals surface area contributed by atoms with E-state index in [1.54, 1.807) is 22.0 Å². The summed E-state index contributed by atoms with van der Waals surface area (Å²) < 4.78 is 12.3. The van der Waals surface area contributed by atoms with Gasteiger partial charge < -0.3 is 29.3 Å². The Kier molecular flexibility index (Phi) is 8.89. The molecule has 4 fully saturated rings. The fraction of sp³-hybridized carbons (Fsp3) is 0.594. The van der Waals surface area contributed by atoms with Crippen molar-refractivity contribution >= 4 is 23.4 Å². The van der Waals surface area contributed by atoms with Crippen molar-refractivity contribution in [2.75, 3.05) is 70.5 Å². The number of carbonyl (C=O) groups is 3. The quantitative estimate of drug-likeness (QED) is 0.375. The van der Waals surface area contributed by atoms with Crippen LogP contribution in [-0.2, 0) is 23.9 Å². The van der Waals surface area contributed by atoms with Crippen molar-refractivity contribution in [1.82, 2.24) is 14.7 Å². The average Bonchev–Trinajstić information content (AvgIpc) is 3.51. The summed E-state index contributed by atoms with van der Waals surface area (Å²) in [7, 11) is 0. The lowest BCUT2D eigenvalue weighted by atomic mass is 9.62. The number of para-hydroxylation sites is 1. The first-order valence-electron chi connectivity index (χ1n) is 15.0. The molecular weight excluding hydrogens is 536 g/mol. The third-order valence-electron chi connectivity index (χ3n) is 9.75. The maximum atomic E-state index is 14.5. The lowest BCUT2D eigenvalue weighted by Gasteiger charge is -2.39. The molecule has 3 unspecified atom stereocenters. The standard InChI is InChI=1S/C32H44N4O6/c1-5-12-34(15-14-33-17-20-41-21-18-33)30(40)27-32-22-23(3)31(4,42-32)25(26(32)29(39)36(27)16-19-37)28(38)35(13-6-2)24-10-8-7-9-11-24/h5-11,23,25-27,37H,1-2,12-22H2,3-4H3/t23?,25-,26+,27?,31+,32?/m1/s1. The number of morpholine rings is 1. The zero-order valence-electron chi connectivity index (χ0n) is 24.8. The van der Waals surface area contributed by atoms with Crippen LogP contribution >= 0.6 is 0 Å². The highest BCUT2D eigenvalue weighted by atomic mass is 16.5. The molecule has 1 aromatic rings. The molecule has 0 radical (unpaired) electrons. The van der Waals surface area contributed by atoms with E-state index in [4.69, 9.17) is 9.47 Å². The van der Waals surface area contributed by atoms with Gasteiger partial charge in [-0.15, -0.1) is 13.2 Å². The maximum absolute atomic E-state index is 14.5. The van der Waals surface area contributed by atoms with Gasteiger partial charge in [-0.3, -0.25) is 19.3 Å². The highest BCUT2D eigenvalue weighted by Crippen LogP contribution is 2.65. The van der Waals surface area contributed by atoms with E-state index in [1.807, 2.05) is 44.2 Å². The number of rotatable bonds is 12. The lowest BCUT2D eigenvalue weighted by Crippen LogP contribution is -2.58. The third-order valence-corrected chi connectivity index (χ3v) is 9.75. The summed E-state index contributed by atoms with van der Waals surface area (Å²) in [6.07, 6.45) is 3.83. The molecule has 1 N–H and O–H groups in total. The van der Waals surface area contributed by atoms with Gasteiger partial charge in [0.05, 0.1) is 37.3 Å². The number of benzene rings is 1. The maximum Gasteiger partial charge on any atom is 0.248 e. The van der Waals surface area contributed by atoms with Crippen LogP contribution in [0.15, 0.2) is 55.6 Å². The summed E-state index contributed by atoms with van der Waals surface area (Å²) in [5.41, 5.74) is -1.40. The van der Waals surface area contributed by atoms with Crippen LogP contribution in [0.4, 0.5) is 5.69 Å². The summed E-state index contributed by atoms with van der Waals surface area (Å²) in [6, 6.07) is 8.39. The summed E-state index contributed by atoms with van der Waals surface area (Å²) in [6.45, 7) is 16.0. The molecule has 2 bridgehead atoms. The summed E-state index contributed by atoms with van der Waals surface area (Å²) in [4.78, 5) is 50.3. The molecular formula is C32H44N4O6. The Labute approximate surface area is 248 Å². The average molecular weight is 581 g/mol. The monoisotopic (exact) mass is 580 g/mol. The summed E-state index contributed by atoms with van der Waals surface area (Å²) >= 11 is 0. The second-order valence-electron chi connectivity index (χ2n) is 12.1. The van der Waals surface area contributed by atoms with Crippen molar-refractivity contribution in [2.24, 2.45) is 17.8 Å². The number of anilines is 1. The molecule has 0 saturated carbocycles. The molecule has 4 aliphatic rings. The molecule has 10 nitrogen and oxygen atoms in total. The zero-order chi connectivity index (χ0) is 30.1. The second kappa shape index (κ2) is 12.3. The number of ether oxygens (including phenoxy) is 2. The van der Waals surface area contributed by atoms with Crippen molar-refractivity contribution in [3.63, 3.8) is 0 Å². The molecule has 5 rings (SSSR count). The van der Waals surface area contributed by atoms with E-state index in [2.05, 4.69) is 18.1 Å². The van der Waals surface area contributed by atoms with Crippen molar-refractivity contribution in [1.29, 1.82) is 0 Å². The van der Waals surface area contributed by atoms with E-state index in [1.165, 1.54) is 4.90 Å². The van der Waals surface area contributed by atoms with Crippen molar-refractivity contribution in [2.45, 2.75) is 37.5 Å². The Morgan fingerprint density at radius 3 is 2.43 bits per heavy atom. The minimum absolute atomic E-state index is 0.0106. The molecule has 228 valence electrons. The number of aliphatic hydroxyl groups excluding tert-OH is 1. The first kappa shape index (κ1) is 30.4. The SMILES string of the molecule is C=CCN(CCN1CCOCC1)C(=O)C1N(CCO)C(=O)[C@@H]2[C@H](C(=O)N(CC=C)c3ccccc3)[C@@]3(C)OC12CC3C. The van der Waals surface area contributed by atoms with Gasteiger partial charge >= 0.3 is 0 Å². The van der Waals surface area contributed by atoms with Crippen LogP contribution in [0.3, 0.4) is 0 Å². The van der Waals surface area contributed by atoms with Crippen LogP contribution < -0.4 is 4.90 Å². The molecule has 0 aliphatic carbocycles. The number of carbonyl (C=O) groups excluding carboxylic acids is 3. The van der Waals surface area contributed by atoms with Gasteiger partial charge in [0.1, 0.15) is 11.6 Å². The Balaban J connectivity index is 1.51. The molecule has 42 heavy (non-hydrogen) atoms. The van der Waals surface area contributed by atoms with Gasteiger partial charge in [-0.1, -0.05) is 37.3 Å². The van der Waals surface area contributed by atoms with Crippen molar-refractivity contribution < 1.29 is 29.0 Å². The van der Waals surface area contributed by atoms with Gasteiger partial charge in [0, 0.05) is 51.5 Å². The Morgan fingerprint density at radius 2 is 1.79 bits per heavy atom. The number of aliphatic hydroxyl groups is 1. The van der Waals surface area contributed by atoms with E-state index in [0.29, 0.717) is 45.0 Å². The molecule has 4 heterocycles. The van der Waals surface area contributed by atoms with Crippen LogP contribution in [0.25, 0.3) is 0 Å². The highest BCUT2D eigenvalue weighted by Gasteiger charge is 2.80. The molecule has 10 heteroatoms. The normalized spacial score (nSPS) is 32.1. The molecule has 4 saturated heterocycles. The zero-order valence-corrected chi connectivity index (χ0v) is 24.8. The fourth-order valence-electron chi connectivity index (χ4n) is 7.68. The third kappa shape index (κ3) is 4.98. The fourth-order valence-corrected chi connectivity index (χ4v) is 7.68. The number of hydrogen-bond acceptors (Lipinski definition) is 7. The van der Waals surface area contributed by atoms with Crippen LogP contribution in [0.2, 0.25) is 0 Å². The van der Waals surface area contributed by atoms with Gasteiger partial charge in [-0.25, -0.2) is 0 Å². The smallest absolute Gasteiger partial charge is 0.248 e. The van der Waals surface area contributed by atoms with Gasteiger partial charge in [0.25, 0.3) is 0 Å². The molecule has 3 amide bonds. The first-order chi connectivity index (χ1) is 20.2. The number of β-amino-alcohol motifs (C(OH)–C–C–N with tert-alkyl or cyclic N) is 1.